The Kier molecular flexibility index (Phi) is 5.70. The first kappa shape index (κ1) is 19.9. The van der Waals surface area contributed by atoms with E-state index in [1.807, 2.05) is 0 Å². The number of amides is 1. The molecule has 0 radical (unpaired) electrons. The van der Waals surface area contributed by atoms with Crippen LogP contribution in [0.25, 0.3) is 0 Å². The Labute approximate surface area is 152 Å². The quantitative estimate of drug-likeness (QED) is 0.447. The Bertz CT molecular complexity index is 826. The Morgan fingerprint density at radius 3 is 2.50 bits per heavy atom. The van der Waals surface area contributed by atoms with Crippen molar-refractivity contribution in [1.82, 2.24) is 4.31 Å². The monoisotopic (exact) mass is 382 g/mol. The maximum Gasteiger partial charge on any atom is 0.424 e. The molecule has 0 heterocycles. The highest BCUT2D eigenvalue weighted by Gasteiger charge is 2.41. The fourth-order valence-electron chi connectivity index (χ4n) is 2.64. The molecule has 0 aromatic heterocycles. The third-order valence-electron chi connectivity index (χ3n) is 3.70. The van der Waals surface area contributed by atoms with Crippen molar-refractivity contribution in [3.05, 3.63) is 46.5 Å². The maximum absolute atomic E-state index is 13.2. The standard InChI is InChI=1S/C17H22N2O6S/c1-17(2,3)25-16(20)18(13-9-5-4-6-10-13)26(23,24)15-12-8-7-11-14(15)19(21)22/h5,7-9,11-13H,4,6,10H2,1-3H3. The van der Waals surface area contributed by atoms with Gasteiger partial charge >= 0.3 is 6.09 Å². The van der Waals surface area contributed by atoms with Crippen molar-refractivity contribution >= 4 is 21.8 Å². The molecule has 0 saturated heterocycles. The first-order valence-corrected chi connectivity index (χ1v) is 9.65. The summed E-state index contributed by atoms with van der Waals surface area (Å²) < 4.78 is 32.2. The van der Waals surface area contributed by atoms with Gasteiger partial charge in [0.1, 0.15) is 5.60 Å². The fraction of sp³-hybridized carbons (Fsp3) is 0.471. The number of ether oxygens (including phenoxy) is 1. The third kappa shape index (κ3) is 4.40. The van der Waals surface area contributed by atoms with E-state index in [-0.39, 0.29) is 0 Å². The van der Waals surface area contributed by atoms with Crippen LogP contribution in [-0.2, 0) is 14.8 Å². The molecule has 1 aliphatic rings. The van der Waals surface area contributed by atoms with Crippen LogP contribution in [0.1, 0.15) is 40.0 Å². The van der Waals surface area contributed by atoms with Crippen LogP contribution in [0, 0.1) is 10.1 Å². The molecule has 1 aromatic carbocycles. The number of carbonyl (C=O) groups excluding carboxylic acids is 1. The first-order valence-electron chi connectivity index (χ1n) is 8.21. The van der Waals surface area contributed by atoms with E-state index in [2.05, 4.69) is 0 Å². The topological polar surface area (TPSA) is 107 Å². The lowest BCUT2D eigenvalue weighted by Crippen LogP contribution is -2.46. The number of nitrogens with zero attached hydrogens (tertiary/aromatic N) is 2. The van der Waals surface area contributed by atoms with Crippen LogP contribution >= 0.6 is 0 Å². The van der Waals surface area contributed by atoms with Gasteiger partial charge in [-0.15, -0.1) is 0 Å². The number of rotatable bonds is 4. The first-order chi connectivity index (χ1) is 12.0. The zero-order chi connectivity index (χ0) is 19.5. The van der Waals surface area contributed by atoms with Gasteiger partial charge in [-0.1, -0.05) is 24.3 Å². The van der Waals surface area contributed by atoms with Gasteiger partial charge in [0.05, 0.1) is 11.0 Å². The van der Waals surface area contributed by atoms with Gasteiger partial charge in [-0.25, -0.2) is 13.2 Å². The zero-order valence-electron chi connectivity index (χ0n) is 14.9. The number of nitro benzene ring substituents is 1. The lowest BCUT2D eigenvalue weighted by atomic mass is 10.0. The molecule has 2 rings (SSSR count). The lowest BCUT2D eigenvalue weighted by molar-refractivity contribution is -0.387. The molecule has 0 N–H and O–H groups in total. The Hall–Kier alpha value is -2.42. The van der Waals surface area contributed by atoms with E-state index in [1.165, 1.54) is 12.1 Å². The molecule has 9 heteroatoms. The summed E-state index contributed by atoms with van der Waals surface area (Å²) in [6.07, 6.45) is 4.28. The molecule has 8 nitrogen and oxygen atoms in total. The van der Waals surface area contributed by atoms with Gasteiger partial charge in [-0.3, -0.25) is 10.1 Å². The van der Waals surface area contributed by atoms with Crippen LogP contribution in [-0.4, -0.2) is 35.4 Å². The molecule has 0 aliphatic heterocycles. The van der Waals surface area contributed by atoms with Crippen LogP contribution in [0.4, 0.5) is 10.5 Å². The van der Waals surface area contributed by atoms with Crippen LogP contribution in [0.3, 0.4) is 0 Å². The van der Waals surface area contributed by atoms with Crippen molar-refractivity contribution in [3.63, 3.8) is 0 Å². The zero-order valence-corrected chi connectivity index (χ0v) is 15.7. The average Bonchev–Trinajstić information content (AvgIpc) is 2.54. The van der Waals surface area contributed by atoms with E-state index in [4.69, 9.17) is 4.74 Å². The molecule has 1 atom stereocenters. The van der Waals surface area contributed by atoms with E-state index < -0.39 is 43.3 Å². The van der Waals surface area contributed by atoms with Gasteiger partial charge in [0.25, 0.3) is 15.7 Å². The van der Waals surface area contributed by atoms with Crippen molar-refractivity contribution in [1.29, 1.82) is 0 Å². The summed E-state index contributed by atoms with van der Waals surface area (Å²) in [6, 6.07) is 4.22. The normalized spacial score (nSPS) is 17.6. The van der Waals surface area contributed by atoms with Gasteiger partial charge in [0.15, 0.2) is 4.90 Å². The summed E-state index contributed by atoms with van der Waals surface area (Å²) in [7, 11) is -4.48. The molecule has 142 valence electrons. The minimum absolute atomic E-state index is 0.426. The molecule has 0 fully saturated rings. The number of nitro groups is 1. The number of benzene rings is 1. The van der Waals surface area contributed by atoms with Gasteiger partial charge in [0.2, 0.25) is 0 Å². The molecule has 1 amide bonds. The van der Waals surface area contributed by atoms with Crippen molar-refractivity contribution < 1.29 is 22.9 Å². The number of para-hydroxylation sites is 1. The van der Waals surface area contributed by atoms with E-state index >= 15 is 0 Å². The summed E-state index contributed by atoms with van der Waals surface area (Å²) >= 11 is 0. The third-order valence-corrected chi connectivity index (χ3v) is 5.54. The summed E-state index contributed by atoms with van der Waals surface area (Å²) in [5, 5.41) is 11.3. The Morgan fingerprint density at radius 1 is 1.31 bits per heavy atom. The maximum atomic E-state index is 13.2. The SMILES string of the molecule is CC(C)(C)OC(=O)N(C1C=CCCC1)S(=O)(=O)c1ccccc1[N+](=O)[O-]. The second-order valence-electron chi connectivity index (χ2n) is 6.93. The Balaban J connectivity index is 2.57. The molecular formula is C17H22N2O6S. The number of hydrogen-bond donors (Lipinski definition) is 0. The molecule has 0 bridgehead atoms. The van der Waals surface area contributed by atoms with Crippen molar-refractivity contribution in [2.45, 2.75) is 56.6 Å². The number of carbonyl (C=O) groups is 1. The summed E-state index contributed by atoms with van der Waals surface area (Å²) in [5.74, 6) is 0. The number of allylic oxidation sites excluding steroid dienone is 1. The molecule has 1 aliphatic carbocycles. The molecule has 0 saturated carbocycles. The smallest absolute Gasteiger partial charge is 0.424 e. The van der Waals surface area contributed by atoms with E-state index in [1.54, 1.807) is 32.9 Å². The van der Waals surface area contributed by atoms with Gasteiger partial charge in [-0.2, -0.15) is 4.31 Å². The largest absolute Gasteiger partial charge is 0.443 e. The van der Waals surface area contributed by atoms with Crippen molar-refractivity contribution in [2.24, 2.45) is 0 Å². The van der Waals surface area contributed by atoms with E-state index in [9.17, 15) is 23.3 Å². The van der Waals surface area contributed by atoms with E-state index in [0.29, 0.717) is 17.1 Å². The highest BCUT2D eigenvalue weighted by Crippen LogP contribution is 2.31. The minimum Gasteiger partial charge on any atom is -0.443 e. The van der Waals surface area contributed by atoms with Crippen molar-refractivity contribution in [2.75, 3.05) is 0 Å². The summed E-state index contributed by atoms with van der Waals surface area (Å²) in [4.78, 5) is 22.6. The lowest BCUT2D eigenvalue weighted by Gasteiger charge is -2.32. The van der Waals surface area contributed by atoms with Gasteiger partial charge in [-0.05, 0) is 46.1 Å². The number of hydrogen-bond acceptors (Lipinski definition) is 6. The average molecular weight is 382 g/mol. The van der Waals surface area contributed by atoms with Crippen LogP contribution in [0.15, 0.2) is 41.3 Å². The van der Waals surface area contributed by atoms with E-state index in [0.717, 1.165) is 18.6 Å². The van der Waals surface area contributed by atoms with Gasteiger partial charge < -0.3 is 4.74 Å². The molecule has 1 aromatic rings. The molecule has 1 unspecified atom stereocenters. The van der Waals surface area contributed by atoms with Crippen molar-refractivity contribution in [3.8, 4) is 0 Å². The fourth-order valence-corrected chi connectivity index (χ4v) is 4.28. The van der Waals surface area contributed by atoms with Gasteiger partial charge in [0, 0.05) is 6.07 Å². The predicted octanol–water partition coefficient (Wildman–Crippen LogP) is 3.63. The van der Waals surface area contributed by atoms with Crippen LogP contribution in [0.5, 0.6) is 0 Å². The van der Waals surface area contributed by atoms with Crippen LogP contribution in [0.2, 0.25) is 0 Å². The minimum atomic E-state index is -4.48. The number of sulfonamides is 1. The summed E-state index contributed by atoms with van der Waals surface area (Å²) in [6.45, 7) is 4.87. The molecule has 26 heavy (non-hydrogen) atoms. The highest BCUT2D eigenvalue weighted by molar-refractivity contribution is 7.89. The van der Waals surface area contributed by atoms with Crippen LogP contribution < -0.4 is 0 Å². The highest BCUT2D eigenvalue weighted by atomic mass is 32.2. The second-order valence-corrected chi connectivity index (χ2v) is 8.72. The second kappa shape index (κ2) is 7.45. The summed E-state index contributed by atoms with van der Waals surface area (Å²) in [5.41, 5.74) is -1.49. The predicted molar refractivity (Wildman–Crippen MR) is 95.1 cm³/mol. The molecule has 0 spiro atoms. The Morgan fingerprint density at radius 2 is 1.96 bits per heavy atom. The molecular weight excluding hydrogens is 360 g/mol.